The third-order valence-corrected chi connectivity index (χ3v) is 4.94. The highest BCUT2D eigenvalue weighted by Crippen LogP contribution is 2.20. The third kappa shape index (κ3) is 4.16. The van der Waals surface area contributed by atoms with Gasteiger partial charge in [0.2, 0.25) is 0 Å². The van der Waals surface area contributed by atoms with E-state index in [0.717, 1.165) is 42.9 Å². The second-order valence-electron chi connectivity index (χ2n) is 5.93. The van der Waals surface area contributed by atoms with Crippen LogP contribution >= 0.6 is 15.9 Å². The number of amides is 1. The fraction of sp³-hybridized carbons (Fsp3) is 0.316. The molecule has 0 bridgehead atoms. The molecular weight excluding hydrogens is 366 g/mol. The minimum Gasteiger partial charge on any atom is -0.369 e. The summed E-state index contributed by atoms with van der Waals surface area (Å²) in [5.41, 5.74) is 2.68. The first-order valence-corrected chi connectivity index (χ1v) is 9.09. The molecule has 0 saturated carbocycles. The topological polar surface area (TPSA) is 35.6 Å². The number of anilines is 2. The quantitative estimate of drug-likeness (QED) is 0.865. The minimum atomic E-state index is -0.0909. The Morgan fingerprint density at radius 3 is 2.21 bits per heavy atom. The van der Waals surface area contributed by atoms with Gasteiger partial charge in [-0.3, -0.25) is 4.79 Å². The van der Waals surface area contributed by atoms with Crippen LogP contribution in [-0.4, -0.2) is 43.5 Å². The predicted molar refractivity (Wildman–Crippen MR) is 103 cm³/mol. The highest BCUT2D eigenvalue weighted by molar-refractivity contribution is 9.10. The van der Waals surface area contributed by atoms with Crippen molar-refractivity contribution in [1.29, 1.82) is 0 Å². The van der Waals surface area contributed by atoms with Gasteiger partial charge in [0.15, 0.2) is 0 Å². The summed E-state index contributed by atoms with van der Waals surface area (Å²) in [5, 5.41) is 2.94. The van der Waals surface area contributed by atoms with Crippen molar-refractivity contribution in [2.24, 2.45) is 0 Å². The lowest BCUT2D eigenvalue weighted by molar-refractivity contribution is 0.102. The number of hydrogen-bond acceptors (Lipinski definition) is 3. The zero-order chi connectivity index (χ0) is 16.9. The Labute approximate surface area is 151 Å². The molecule has 2 aromatic rings. The van der Waals surface area contributed by atoms with Crippen LogP contribution in [-0.2, 0) is 0 Å². The van der Waals surface area contributed by atoms with Gasteiger partial charge in [-0.1, -0.05) is 22.9 Å². The van der Waals surface area contributed by atoms with Crippen LogP contribution < -0.4 is 10.2 Å². The van der Waals surface area contributed by atoms with Gasteiger partial charge in [0.25, 0.3) is 5.91 Å². The van der Waals surface area contributed by atoms with E-state index in [2.05, 4.69) is 50.1 Å². The summed E-state index contributed by atoms with van der Waals surface area (Å²) in [6.45, 7) is 7.65. The summed E-state index contributed by atoms with van der Waals surface area (Å²) < 4.78 is 0.964. The smallest absolute Gasteiger partial charge is 0.255 e. The Morgan fingerprint density at radius 1 is 1.00 bits per heavy atom. The highest BCUT2D eigenvalue weighted by atomic mass is 79.9. The molecule has 24 heavy (non-hydrogen) atoms. The van der Waals surface area contributed by atoms with Crippen LogP contribution in [0.5, 0.6) is 0 Å². The molecule has 1 aliphatic heterocycles. The van der Waals surface area contributed by atoms with Gasteiger partial charge in [0, 0.05) is 47.6 Å². The van der Waals surface area contributed by atoms with Crippen molar-refractivity contribution in [2.75, 3.05) is 42.9 Å². The lowest BCUT2D eigenvalue weighted by atomic mass is 10.2. The van der Waals surface area contributed by atoms with Crippen LogP contribution in [0.2, 0.25) is 0 Å². The van der Waals surface area contributed by atoms with E-state index in [4.69, 9.17) is 0 Å². The van der Waals surface area contributed by atoms with E-state index in [9.17, 15) is 4.79 Å². The van der Waals surface area contributed by atoms with Crippen molar-refractivity contribution >= 4 is 33.2 Å². The van der Waals surface area contributed by atoms with E-state index < -0.39 is 0 Å². The molecule has 0 radical (unpaired) electrons. The van der Waals surface area contributed by atoms with Crippen LogP contribution in [0.4, 0.5) is 11.4 Å². The van der Waals surface area contributed by atoms with Gasteiger partial charge in [-0.15, -0.1) is 0 Å². The maximum absolute atomic E-state index is 12.2. The summed E-state index contributed by atoms with van der Waals surface area (Å²) >= 11 is 3.38. The lowest BCUT2D eigenvalue weighted by Gasteiger charge is -2.35. The first kappa shape index (κ1) is 17.0. The fourth-order valence-electron chi connectivity index (χ4n) is 2.88. The first-order valence-electron chi connectivity index (χ1n) is 8.30. The predicted octanol–water partition coefficient (Wildman–Crippen LogP) is 3.84. The molecule has 1 N–H and O–H groups in total. The monoisotopic (exact) mass is 387 g/mol. The Kier molecular flexibility index (Phi) is 5.53. The average Bonchev–Trinajstić information content (AvgIpc) is 2.63. The minimum absolute atomic E-state index is 0.0909. The number of piperazine rings is 1. The average molecular weight is 388 g/mol. The van der Waals surface area contributed by atoms with E-state index in [1.807, 2.05) is 24.3 Å². The zero-order valence-electron chi connectivity index (χ0n) is 13.8. The maximum atomic E-state index is 12.2. The molecule has 1 saturated heterocycles. The van der Waals surface area contributed by atoms with Crippen molar-refractivity contribution in [3.8, 4) is 0 Å². The van der Waals surface area contributed by atoms with Gasteiger partial charge in [0.1, 0.15) is 0 Å². The SMILES string of the molecule is CCN1CCN(c2ccc(NC(=O)c3ccc(Br)cc3)cc2)CC1. The van der Waals surface area contributed by atoms with Crippen LogP contribution in [0.15, 0.2) is 53.0 Å². The maximum Gasteiger partial charge on any atom is 0.255 e. The van der Waals surface area contributed by atoms with Crippen molar-refractivity contribution in [2.45, 2.75) is 6.92 Å². The van der Waals surface area contributed by atoms with Crippen molar-refractivity contribution in [3.05, 3.63) is 58.6 Å². The molecule has 3 rings (SSSR count). The first-order chi connectivity index (χ1) is 11.7. The fourth-order valence-corrected chi connectivity index (χ4v) is 3.15. The zero-order valence-corrected chi connectivity index (χ0v) is 15.4. The number of nitrogens with one attached hydrogen (secondary N) is 1. The lowest BCUT2D eigenvalue weighted by Crippen LogP contribution is -2.46. The molecule has 0 spiro atoms. The molecule has 4 nitrogen and oxygen atoms in total. The molecule has 1 heterocycles. The Balaban J connectivity index is 1.60. The van der Waals surface area contributed by atoms with E-state index >= 15 is 0 Å². The number of halogens is 1. The Morgan fingerprint density at radius 2 is 1.62 bits per heavy atom. The molecule has 0 aliphatic carbocycles. The summed E-state index contributed by atoms with van der Waals surface area (Å²) in [6.07, 6.45) is 0. The molecular formula is C19H22BrN3O. The highest BCUT2D eigenvalue weighted by Gasteiger charge is 2.15. The van der Waals surface area contributed by atoms with Crippen molar-refractivity contribution < 1.29 is 4.79 Å². The number of rotatable bonds is 4. The summed E-state index contributed by atoms with van der Waals surface area (Å²) in [5.74, 6) is -0.0909. The second kappa shape index (κ2) is 7.81. The normalized spacial score (nSPS) is 15.3. The second-order valence-corrected chi connectivity index (χ2v) is 6.84. The van der Waals surface area contributed by atoms with Crippen LogP contribution in [0.1, 0.15) is 17.3 Å². The van der Waals surface area contributed by atoms with Crippen molar-refractivity contribution in [1.82, 2.24) is 4.90 Å². The molecule has 0 aromatic heterocycles. The molecule has 2 aromatic carbocycles. The van der Waals surface area contributed by atoms with E-state index in [0.29, 0.717) is 5.56 Å². The standard InChI is InChI=1S/C19H22BrN3O/c1-2-22-11-13-23(14-12-22)18-9-7-17(8-10-18)21-19(24)15-3-5-16(20)6-4-15/h3-10H,2,11-14H2,1H3,(H,21,24). The van der Waals surface area contributed by atoms with Gasteiger partial charge in [-0.05, 0) is 55.1 Å². The van der Waals surface area contributed by atoms with E-state index in [-0.39, 0.29) is 5.91 Å². The number of carbonyl (C=O) groups excluding carboxylic acids is 1. The largest absolute Gasteiger partial charge is 0.369 e. The number of carbonyl (C=O) groups is 1. The molecule has 1 aliphatic rings. The molecule has 5 heteroatoms. The van der Waals surface area contributed by atoms with Crippen molar-refractivity contribution in [3.63, 3.8) is 0 Å². The number of hydrogen-bond donors (Lipinski definition) is 1. The van der Waals surface area contributed by atoms with Crippen LogP contribution in [0, 0.1) is 0 Å². The summed E-state index contributed by atoms with van der Waals surface area (Å²) in [6, 6.07) is 15.5. The molecule has 0 unspecified atom stereocenters. The molecule has 1 fully saturated rings. The summed E-state index contributed by atoms with van der Waals surface area (Å²) in [4.78, 5) is 17.1. The van der Waals surface area contributed by atoms with Crippen LogP contribution in [0.3, 0.4) is 0 Å². The number of benzene rings is 2. The molecule has 1 amide bonds. The number of likely N-dealkylation sites (N-methyl/N-ethyl adjacent to an activating group) is 1. The number of nitrogens with zero attached hydrogens (tertiary/aromatic N) is 2. The Hall–Kier alpha value is -1.85. The molecule has 126 valence electrons. The summed E-state index contributed by atoms with van der Waals surface area (Å²) in [7, 11) is 0. The van der Waals surface area contributed by atoms with Gasteiger partial charge < -0.3 is 15.1 Å². The van der Waals surface area contributed by atoms with E-state index in [1.54, 1.807) is 12.1 Å². The van der Waals surface area contributed by atoms with Gasteiger partial charge in [0.05, 0.1) is 0 Å². The van der Waals surface area contributed by atoms with Gasteiger partial charge in [-0.2, -0.15) is 0 Å². The van der Waals surface area contributed by atoms with Gasteiger partial charge >= 0.3 is 0 Å². The van der Waals surface area contributed by atoms with E-state index in [1.165, 1.54) is 5.69 Å². The third-order valence-electron chi connectivity index (χ3n) is 4.42. The van der Waals surface area contributed by atoms with Gasteiger partial charge in [-0.25, -0.2) is 0 Å². The molecule has 0 atom stereocenters. The Bertz CT molecular complexity index is 677. The van der Waals surface area contributed by atoms with Crippen LogP contribution in [0.25, 0.3) is 0 Å².